The molecule has 5 aliphatic rings. The van der Waals surface area contributed by atoms with Crippen molar-refractivity contribution in [2.75, 3.05) is 11.5 Å². The Morgan fingerprint density at radius 1 is 0.655 bits per heavy atom. The molecule has 2 fully saturated rings. The van der Waals surface area contributed by atoms with Crippen LogP contribution >= 0.6 is 45.1 Å². The predicted molar refractivity (Wildman–Crippen MR) is 111 cm³/mol. The number of thioether (sulfide) groups is 2. The summed E-state index contributed by atoms with van der Waals surface area (Å²) in [6.45, 7) is 7.11. The topological polar surface area (TPSA) is 0 Å². The van der Waals surface area contributed by atoms with Crippen LogP contribution < -0.4 is 0 Å². The van der Waals surface area contributed by atoms with Crippen LogP contribution in [-0.4, -0.2) is 29.3 Å². The summed E-state index contributed by atoms with van der Waals surface area (Å²) in [5.41, 5.74) is -2.59. The van der Waals surface area contributed by atoms with Crippen molar-refractivity contribution in [3.8, 4) is 0 Å². The highest BCUT2D eigenvalue weighted by Gasteiger charge is 2.85. The van der Waals surface area contributed by atoms with E-state index in [4.69, 9.17) is 0 Å². The molecule has 3 heterocycles. The molecule has 0 N–H and O–H groups in total. The first-order chi connectivity index (χ1) is 13.3. The van der Waals surface area contributed by atoms with Gasteiger partial charge in [0, 0.05) is 43.3 Å². The monoisotopic (exact) mass is 486 g/mol. The molecule has 0 amide bonds. The molecule has 158 valence electrons. The van der Waals surface area contributed by atoms with E-state index in [9.17, 15) is 8.78 Å². The van der Waals surface area contributed by atoms with Crippen molar-refractivity contribution in [1.82, 2.24) is 0 Å². The van der Waals surface area contributed by atoms with Gasteiger partial charge < -0.3 is 0 Å². The second-order valence-electron chi connectivity index (χ2n) is 8.18. The Bertz CT molecular complexity index is 926. The first-order valence-electron chi connectivity index (χ1n) is 8.90. The Labute approximate surface area is 180 Å². The van der Waals surface area contributed by atoms with E-state index in [-0.39, 0.29) is 9.81 Å². The smallest absolute Gasteiger partial charge is 0.194 e. The number of halogens is 6. The van der Waals surface area contributed by atoms with E-state index in [1.54, 1.807) is 49.3 Å². The lowest BCUT2D eigenvalue weighted by molar-refractivity contribution is -0.258. The highest BCUT2D eigenvalue weighted by Crippen LogP contribution is 2.80. The Kier molecular flexibility index (Phi) is 4.05. The minimum absolute atomic E-state index is 0.0200. The van der Waals surface area contributed by atoms with Crippen molar-refractivity contribution >= 4 is 45.1 Å². The van der Waals surface area contributed by atoms with Crippen molar-refractivity contribution in [1.29, 1.82) is 0 Å². The summed E-state index contributed by atoms with van der Waals surface area (Å²) >= 11 is 1.96. The summed E-state index contributed by atoms with van der Waals surface area (Å²) in [7, 11) is 3.18. The van der Waals surface area contributed by atoms with Gasteiger partial charge in [-0.25, -0.2) is 0 Å². The number of alkyl halides is 6. The maximum Gasteiger partial charge on any atom is 0.380 e. The van der Waals surface area contributed by atoms with Crippen LogP contribution in [0.25, 0.3) is 0 Å². The average molecular weight is 487 g/mol. The summed E-state index contributed by atoms with van der Waals surface area (Å²) in [5, 5.41) is 0. The fraction of sp³-hybridized carbons (Fsp3) is 0.579. The van der Waals surface area contributed by atoms with Crippen molar-refractivity contribution in [3.05, 3.63) is 41.9 Å². The van der Waals surface area contributed by atoms with Crippen molar-refractivity contribution < 1.29 is 26.3 Å². The number of fused-ring (bicyclic) bond motifs is 1. The third kappa shape index (κ3) is 1.96. The van der Waals surface area contributed by atoms with E-state index in [2.05, 4.69) is 0 Å². The van der Waals surface area contributed by atoms with Gasteiger partial charge in [-0.3, -0.25) is 0 Å². The van der Waals surface area contributed by atoms with Crippen LogP contribution in [0.4, 0.5) is 26.3 Å². The van der Waals surface area contributed by atoms with E-state index in [0.717, 1.165) is 44.5 Å². The molecule has 10 heteroatoms. The molecule has 1 saturated carbocycles. The zero-order valence-electron chi connectivity index (χ0n) is 15.8. The van der Waals surface area contributed by atoms with Crippen molar-refractivity contribution in [2.24, 2.45) is 10.8 Å². The fourth-order valence-corrected chi connectivity index (χ4v) is 11.2. The van der Waals surface area contributed by atoms with Gasteiger partial charge in [-0.05, 0) is 48.7 Å². The molecule has 0 radical (unpaired) electrons. The predicted octanol–water partition coefficient (Wildman–Crippen LogP) is 7.88. The molecule has 2 unspecified atom stereocenters. The van der Waals surface area contributed by atoms with E-state index in [1.807, 2.05) is 0 Å². The summed E-state index contributed by atoms with van der Waals surface area (Å²) in [6, 6.07) is 0. The molecule has 2 atom stereocenters. The van der Waals surface area contributed by atoms with Gasteiger partial charge in [-0.15, -0.1) is 0 Å². The number of hydrogen-bond acceptors (Lipinski definition) is 4. The molecule has 29 heavy (non-hydrogen) atoms. The average Bonchev–Trinajstić information content (AvgIpc) is 3.04. The summed E-state index contributed by atoms with van der Waals surface area (Å²) in [4.78, 5) is 1.45. The molecule has 0 aromatic carbocycles. The Hall–Kier alpha value is -0.0600. The van der Waals surface area contributed by atoms with Crippen LogP contribution in [0.2, 0.25) is 0 Å². The first-order valence-corrected chi connectivity index (χ1v) is 13.0. The molecule has 0 aromatic rings. The van der Waals surface area contributed by atoms with Crippen molar-refractivity contribution in [3.63, 3.8) is 0 Å². The summed E-state index contributed by atoms with van der Waals surface area (Å²) in [6.07, 6.45) is 0. The Morgan fingerprint density at radius 3 is 1.34 bits per heavy atom. The van der Waals surface area contributed by atoms with E-state index in [1.165, 1.54) is 0 Å². The number of rotatable bonds is 0. The molecule has 2 aliphatic carbocycles. The van der Waals surface area contributed by atoms with Gasteiger partial charge >= 0.3 is 17.8 Å². The van der Waals surface area contributed by atoms with E-state index in [0.29, 0.717) is 11.5 Å². The van der Waals surface area contributed by atoms with Crippen LogP contribution in [0.15, 0.2) is 41.9 Å². The third-order valence-electron chi connectivity index (χ3n) is 7.09. The van der Waals surface area contributed by atoms with Crippen LogP contribution in [-0.2, 0) is 0 Å². The van der Waals surface area contributed by atoms with Gasteiger partial charge in [-0.1, -0.05) is 45.1 Å². The lowest BCUT2D eigenvalue weighted by Crippen LogP contribution is -2.47. The normalized spacial score (nSPS) is 39.1. The largest absolute Gasteiger partial charge is 0.380 e. The summed E-state index contributed by atoms with van der Waals surface area (Å²) in [5.74, 6) is -14.2. The van der Waals surface area contributed by atoms with Crippen LogP contribution in [0.5, 0.6) is 0 Å². The minimum Gasteiger partial charge on any atom is -0.194 e. The zero-order valence-corrected chi connectivity index (χ0v) is 19.1. The Balaban J connectivity index is 1.97. The second-order valence-corrected chi connectivity index (χ2v) is 13.1. The molecular weight excluding hydrogens is 470 g/mol. The molecule has 5 rings (SSSR count). The molecule has 0 bridgehead atoms. The van der Waals surface area contributed by atoms with Crippen LogP contribution in [0, 0.1) is 10.8 Å². The van der Waals surface area contributed by atoms with E-state index < -0.39 is 39.7 Å². The second kappa shape index (κ2) is 5.64. The highest BCUT2D eigenvalue weighted by atomic mass is 33.1. The van der Waals surface area contributed by atoms with Crippen molar-refractivity contribution in [2.45, 2.75) is 45.5 Å². The first kappa shape index (κ1) is 20.8. The molecule has 3 aliphatic heterocycles. The highest BCUT2D eigenvalue weighted by molar-refractivity contribution is 8.76. The lowest BCUT2D eigenvalue weighted by Gasteiger charge is -2.51. The lowest BCUT2D eigenvalue weighted by atomic mass is 9.55. The van der Waals surface area contributed by atoms with Gasteiger partial charge in [0.05, 0.1) is 0 Å². The SMILES string of the molecule is CC1=C2CSSCC3=C(C)SC4=C5C(=C(S1)C2(C)C34C)C(F)(F)C(F)(F)C5(F)F. The maximum absolute atomic E-state index is 15.0. The standard InChI is InChI=1S/C19H16F6S4/c1-7-9-5-26-27-6-10-8(2)29-14-12-11(13(28-7)15(9,3)16(10,14)4)17(20,21)19(24,25)18(12,22)23/h5-6H2,1-4H3. The summed E-state index contributed by atoms with van der Waals surface area (Å²) < 4.78 is 89.0. The Morgan fingerprint density at radius 2 is 1.00 bits per heavy atom. The molecule has 0 nitrogen and oxygen atoms in total. The molecule has 0 spiro atoms. The number of allylic oxidation sites excluding steroid dienone is 6. The fourth-order valence-electron chi connectivity index (χ4n) is 5.30. The van der Waals surface area contributed by atoms with E-state index >= 15 is 17.6 Å². The van der Waals surface area contributed by atoms with Gasteiger partial charge in [-0.2, -0.15) is 26.3 Å². The molecule has 1 saturated heterocycles. The van der Waals surface area contributed by atoms with Gasteiger partial charge in [0.15, 0.2) is 0 Å². The van der Waals surface area contributed by atoms with Gasteiger partial charge in [0.2, 0.25) is 0 Å². The van der Waals surface area contributed by atoms with Gasteiger partial charge in [0.25, 0.3) is 0 Å². The minimum atomic E-state index is -5.46. The zero-order chi connectivity index (χ0) is 21.4. The maximum atomic E-state index is 15.0. The molecular formula is C19H16F6S4. The quantitative estimate of drug-likeness (QED) is 0.252. The number of hydrogen-bond donors (Lipinski definition) is 0. The van der Waals surface area contributed by atoms with Gasteiger partial charge in [0.1, 0.15) is 0 Å². The van der Waals surface area contributed by atoms with Crippen LogP contribution in [0.1, 0.15) is 27.7 Å². The molecule has 0 aromatic heterocycles. The third-order valence-corrected chi connectivity index (χ3v) is 12.0. The van der Waals surface area contributed by atoms with Crippen LogP contribution in [0.3, 0.4) is 0 Å².